The van der Waals surface area contributed by atoms with Crippen molar-refractivity contribution in [2.24, 2.45) is 0 Å². The lowest BCUT2D eigenvalue weighted by Crippen LogP contribution is -2.47. The fourth-order valence-corrected chi connectivity index (χ4v) is 4.67. The number of benzene rings is 3. The highest BCUT2D eigenvalue weighted by atomic mass is 16.4. The summed E-state index contributed by atoms with van der Waals surface area (Å²) in [5.74, 6) is -0.749. The first-order valence-corrected chi connectivity index (χ1v) is 10.5. The standard InChI is InChI=1S/C26H24N2O2/c29-26(30)24-11-5-6-16-28(24)25(21-13-12-18-7-1-2-9-20(18)17-21)23-15-14-19-8-3-4-10-22(19)27-23/h1-4,7-10,12-15,17,24-25H,5-6,11,16H2,(H,29,30). The Balaban J connectivity index is 1.68. The van der Waals surface area contributed by atoms with Crippen molar-refractivity contribution in [1.29, 1.82) is 0 Å². The molecule has 0 radical (unpaired) electrons. The number of rotatable bonds is 4. The van der Waals surface area contributed by atoms with E-state index in [1.807, 2.05) is 30.3 Å². The molecular weight excluding hydrogens is 372 g/mol. The SMILES string of the molecule is O=C(O)C1CCCCN1C(c1ccc2ccccc2c1)c1ccc2ccccc2n1. The molecule has 4 aromatic rings. The summed E-state index contributed by atoms with van der Waals surface area (Å²) in [6, 6.07) is 26.2. The lowest BCUT2D eigenvalue weighted by Gasteiger charge is -2.39. The number of aliphatic carboxylic acids is 1. The number of carboxylic acid groups (broad SMARTS) is 1. The van der Waals surface area contributed by atoms with E-state index in [4.69, 9.17) is 4.98 Å². The van der Waals surface area contributed by atoms with Crippen LogP contribution in [0.25, 0.3) is 21.7 Å². The Labute approximate surface area is 175 Å². The first-order chi connectivity index (χ1) is 14.7. The van der Waals surface area contributed by atoms with Gasteiger partial charge in [0.1, 0.15) is 6.04 Å². The zero-order chi connectivity index (χ0) is 20.5. The third kappa shape index (κ3) is 3.44. The van der Waals surface area contributed by atoms with E-state index in [1.165, 1.54) is 5.39 Å². The topological polar surface area (TPSA) is 53.4 Å². The zero-order valence-corrected chi connectivity index (χ0v) is 16.7. The molecule has 1 aromatic heterocycles. The van der Waals surface area contributed by atoms with Gasteiger partial charge >= 0.3 is 5.97 Å². The minimum Gasteiger partial charge on any atom is -0.480 e. The predicted octanol–water partition coefficient (Wildman–Crippen LogP) is 5.42. The normalized spacial score (nSPS) is 18.5. The van der Waals surface area contributed by atoms with Gasteiger partial charge in [-0.05, 0) is 53.9 Å². The van der Waals surface area contributed by atoms with E-state index in [-0.39, 0.29) is 6.04 Å². The maximum Gasteiger partial charge on any atom is 0.320 e. The third-order valence-electron chi connectivity index (χ3n) is 6.15. The highest BCUT2D eigenvalue weighted by Gasteiger charge is 2.35. The van der Waals surface area contributed by atoms with Crippen molar-refractivity contribution in [1.82, 2.24) is 9.88 Å². The van der Waals surface area contributed by atoms with Crippen LogP contribution in [0.5, 0.6) is 0 Å². The number of likely N-dealkylation sites (tertiary alicyclic amines) is 1. The summed E-state index contributed by atoms with van der Waals surface area (Å²) in [5, 5.41) is 13.4. The average Bonchev–Trinajstić information content (AvgIpc) is 2.79. The summed E-state index contributed by atoms with van der Waals surface area (Å²) in [4.78, 5) is 19.2. The Morgan fingerprint density at radius 2 is 1.63 bits per heavy atom. The summed E-state index contributed by atoms with van der Waals surface area (Å²) >= 11 is 0. The summed E-state index contributed by atoms with van der Waals surface area (Å²) in [6.07, 6.45) is 2.62. The second kappa shape index (κ2) is 7.88. The monoisotopic (exact) mass is 396 g/mol. The molecule has 1 aliphatic rings. The first kappa shape index (κ1) is 18.8. The van der Waals surface area contributed by atoms with Gasteiger partial charge in [0.2, 0.25) is 0 Å². The molecule has 5 rings (SSSR count). The summed E-state index contributed by atoms with van der Waals surface area (Å²) in [5.41, 5.74) is 2.92. The van der Waals surface area contributed by atoms with Crippen LogP contribution in [0.2, 0.25) is 0 Å². The zero-order valence-electron chi connectivity index (χ0n) is 16.7. The van der Waals surface area contributed by atoms with Crippen molar-refractivity contribution >= 4 is 27.6 Å². The number of nitrogens with zero attached hydrogens (tertiary/aromatic N) is 2. The average molecular weight is 396 g/mol. The lowest BCUT2D eigenvalue weighted by molar-refractivity contribution is -0.145. The van der Waals surface area contributed by atoms with Crippen LogP contribution in [-0.2, 0) is 4.79 Å². The smallest absolute Gasteiger partial charge is 0.320 e. The van der Waals surface area contributed by atoms with Crippen molar-refractivity contribution in [3.05, 3.63) is 90.1 Å². The molecule has 2 heterocycles. The number of hydrogen-bond donors (Lipinski definition) is 1. The maximum atomic E-state index is 12.1. The summed E-state index contributed by atoms with van der Waals surface area (Å²) in [7, 11) is 0. The van der Waals surface area contributed by atoms with Gasteiger partial charge in [0.25, 0.3) is 0 Å². The van der Waals surface area contributed by atoms with Crippen molar-refractivity contribution in [2.45, 2.75) is 31.3 Å². The van der Waals surface area contributed by atoms with Crippen molar-refractivity contribution in [3.8, 4) is 0 Å². The number of piperidine rings is 1. The minimum absolute atomic E-state index is 0.194. The van der Waals surface area contributed by atoms with Crippen LogP contribution < -0.4 is 0 Å². The van der Waals surface area contributed by atoms with Crippen LogP contribution in [0.4, 0.5) is 0 Å². The van der Waals surface area contributed by atoms with E-state index >= 15 is 0 Å². The molecule has 30 heavy (non-hydrogen) atoms. The molecule has 0 amide bonds. The second-order valence-corrected chi connectivity index (χ2v) is 8.03. The van der Waals surface area contributed by atoms with Gasteiger partial charge in [0.15, 0.2) is 0 Å². The van der Waals surface area contributed by atoms with Crippen molar-refractivity contribution in [2.75, 3.05) is 6.54 Å². The molecule has 0 spiro atoms. The van der Waals surface area contributed by atoms with Crippen LogP contribution in [0, 0.1) is 0 Å². The highest BCUT2D eigenvalue weighted by molar-refractivity contribution is 5.83. The van der Waals surface area contributed by atoms with Crippen LogP contribution in [0.3, 0.4) is 0 Å². The van der Waals surface area contributed by atoms with Gasteiger partial charge in [-0.2, -0.15) is 0 Å². The van der Waals surface area contributed by atoms with E-state index < -0.39 is 12.0 Å². The second-order valence-electron chi connectivity index (χ2n) is 8.03. The van der Waals surface area contributed by atoms with Gasteiger partial charge in [-0.25, -0.2) is 0 Å². The number of hydrogen-bond acceptors (Lipinski definition) is 3. The van der Waals surface area contributed by atoms with Gasteiger partial charge in [-0.3, -0.25) is 14.7 Å². The number of para-hydroxylation sites is 1. The quantitative estimate of drug-likeness (QED) is 0.501. The molecular formula is C26H24N2O2. The largest absolute Gasteiger partial charge is 0.480 e. The molecule has 4 heteroatoms. The Morgan fingerprint density at radius 1 is 0.900 bits per heavy atom. The molecule has 1 aliphatic heterocycles. The number of carbonyl (C=O) groups is 1. The molecule has 0 saturated carbocycles. The lowest BCUT2D eigenvalue weighted by atomic mass is 9.92. The Hall–Kier alpha value is -3.24. The van der Waals surface area contributed by atoms with Gasteiger partial charge in [0, 0.05) is 5.39 Å². The van der Waals surface area contributed by atoms with E-state index in [9.17, 15) is 9.90 Å². The fourth-order valence-electron chi connectivity index (χ4n) is 4.67. The molecule has 1 saturated heterocycles. The minimum atomic E-state index is -0.749. The summed E-state index contributed by atoms with van der Waals surface area (Å²) in [6.45, 7) is 0.753. The van der Waals surface area contributed by atoms with Crippen molar-refractivity contribution < 1.29 is 9.90 Å². The van der Waals surface area contributed by atoms with E-state index in [0.717, 1.165) is 46.9 Å². The van der Waals surface area contributed by atoms with Gasteiger partial charge in [-0.1, -0.05) is 67.1 Å². The summed E-state index contributed by atoms with van der Waals surface area (Å²) < 4.78 is 0. The van der Waals surface area contributed by atoms with Crippen molar-refractivity contribution in [3.63, 3.8) is 0 Å². The molecule has 1 fully saturated rings. The van der Waals surface area contributed by atoms with Crippen LogP contribution in [-0.4, -0.2) is 33.5 Å². The molecule has 2 atom stereocenters. The number of carboxylic acids is 1. The molecule has 2 unspecified atom stereocenters. The van der Waals surface area contributed by atoms with E-state index in [2.05, 4.69) is 53.4 Å². The Bertz CT molecular complexity index is 1140. The van der Waals surface area contributed by atoms with E-state index in [1.54, 1.807) is 0 Å². The van der Waals surface area contributed by atoms with Crippen LogP contribution in [0.1, 0.15) is 36.6 Å². The highest BCUT2D eigenvalue weighted by Crippen LogP contribution is 2.35. The van der Waals surface area contributed by atoms with Crippen LogP contribution >= 0.6 is 0 Å². The van der Waals surface area contributed by atoms with Crippen LogP contribution in [0.15, 0.2) is 78.9 Å². The van der Waals surface area contributed by atoms with Gasteiger partial charge in [0.05, 0.1) is 17.3 Å². The third-order valence-corrected chi connectivity index (χ3v) is 6.15. The van der Waals surface area contributed by atoms with Gasteiger partial charge < -0.3 is 5.11 Å². The van der Waals surface area contributed by atoms with Gasteiger partial charge in [-0.15, -0.1) is 0 Å². The number of fused-ring (bicyclic) bond motifs is 2. The predicted molar refractivity (Wildman–Crippen MR) is 120 cm³/mol. The van der Waals surface area contributed by atoms with E-state index in [0.29, 0.717) is 6.42 Å². The molecule has 4 nitrogen and oxygen atoms in total. The number of pyridine rings is 1. The number of aromatic nitrogens is 1. The molecule has 0 aliphatic carbocycles. The molecule has 3 aromatic carbocycles. The Kier molecular flexibility index (Phi) is 4.93. The first-order valence-electron chi connectivity index (χ1n) is 10.5. The molecule has 0 bridgehead atoms. The Morgan fingerprint density at radius 3 is 2.47 bits per heavy atom. The molecule has 1 N–H and O–H groups in total. The fraction of sp³-hybridized carbons (Fsp3) is 0.231. The maximum absolute atomic E-state index is 12.1. The molecule has 150 valence electrons.